The smallest absolute Gasteiger partial charge is 0.293 e. The number of hydrogen-bond donors (Lipinski definition) is 1. The average Bonchev–Trinajstić information content (AvgIpc) is 2.64. The zero-order valence-corrected chi connectivity index (χ0v) is 14.8. The van der Waals surface area contributed by atoms with Crippen molar-refractivity contribution in [2.24, 2.45) is 0 Å². The molecule has 0 aliphatic carbocycles. The fourth-order valence-corrected chi connectivity index (χ4v) is 2.20. The molecule has 0 unspecified atom stereocenters. The van der Waals surface area contributed by atoms with Gasteiger partial charge in [-0.05, 0) is 24.7 Å². The standard InChI is InChI=1S/C19H23N3O4/c1-22(9-11-25-15-23)10-12-26-17-7-8-18(20-14-17)21-19(24)13-16-5-3-2-4-6-16/h2-8,14-15H,9-13H2,1H3,(H,20,21,24). The predicted octanol–water partition coefficient (Wildman–Crippen LogP) is 1.75. The molecule has 138 valence electrons. The highest BCUT2D eigenvalue weighted by Crippen LogP contribution is 2.12. The van der Waals surface area contributed by atoms with Crippen LogP contribution in [-0.2, 0) is 20.7 Å². The lowest BCUT2D eigenvalue weighted by Crippen LogP contribution is -2.27. The molecule has 0 aliphatic rings. The highest BCUT2D eigenvalue weighted by atomic mass is 16.5. The Morgan fingerprint density at radius 3 is 2.62 bits per heavy atom. The lowest BCUT2D eigenvalue weighted by molar-refractivity contribution is -0.129. The third kappa shape index (κ3) is 7.31. The van der Waals surface area contributed by atoms with Gasteiger partial charge in [0.05, 0.1) is 12.6 Å². The van der Waals surface area contributed by atoms with Gasteiger partial charge in [0.1, 0.15) is 24.8 Å². The molecular formula is C19H23N3O4. The van der Waals surface area contributed by atoms with Gasteiger partial charge in [0.2, 0.25) is 5.91 Å². The molecule has 0 radical (unpaired) electrons. The third-order valence-electron chi connectivity index (χ3n) is 3.61. The van der Waals surface area contributed by atoms with Crippen molar-refractivity contribution in [3.8, 4) is 5.75 Å². The van der Waals surface area contributed by atoms with Crippen molar-refractivity contribution in [3.05, 3.63) is 54.2 Å². The van der Waals surface area contributed by atoms with Crippen LogP contribution in [0.4, 0.5) is 5.82 Å². The normalized spacial score (nSPS) is 10.4. The van der Waals surface area contributed by atoms with E-state index in [1.165, 1.54) is 0 Å². The summed E-state index contributed by atoms with van der Waals surface area (Å²) in [4.78, 5) is 28.3. The molecule has 0 saturated carbocycles. The fourth-order valence-electron chi connectivity index (χ4n) is 2.20. The Hall–Kier alpha value is -2.93. The number of carbonyl (C=O) groups excluding carboxylic acids is 2. The SMILES string of the molecule is CN(CCOC=O)CCOc1ccc(NC(=O)Cc2ccccc2)nc1. The first-order chi connectivity index (χ1) is 12.7. The van der Waals surface area contributed by atoms with Crippen LogP contribution in [0.5, 0.6) is 5.75 Å². The first kappa shape index (κ1) is 19.4. The molecule has 0 bridgehead atoms. The maximum atomic E-state index is 12.0. The van der Waals surface area contributed by atoms with Gasteiger partial charge in [-0.3, -0.25) is 14.5 Å². The van der Waals surface area contributed by atoms with Gasteiger partial charge in [0.15, 0.2) is 0 Å². The molecule has 1 N–H and O–H groups in total. The van der Waals surface area contributed by atoms with Gasteiger partial charge >= 0.3 is 0 Å². The summed E-state index contributed by atoms with van der Waals surface area (Å²) in [5, 5.41) is 2.76. The molecule has 1 aromatic carbocycles. The van der Waals surface area contributed by atoms with Crippen LogP contribution in [0.15, 0.2) is 48.7 Å². The number of nitrogens with zero attached hydrogens (tertiary/aromatic N) is 2. The highest BCUT2D eigenvalue weighted by molar-refractivity contribution is 5.91. The molecule has 1 amide bonds. The van der Waals surface area contributed by atoms with E-state index in [-0.39, 0.29) is 5.91 Å². The first-order valence-electron chi connectivity index (χ1n) is 8.34. The number of ether oxygens (including phenoxy) is 2. The number of likely N-dealkylation sites (N-methyl/N-ethyl adjacent to an activating group) is 1. The number of hydrogen-bond acceptors (Lipinski definition) is 6. The van der Waals surface area contributed by atoms with Gasteiger partial charge in [-0.15, -0.1) is 0 Å². The number of rotatable bonds is 11. The van der Waals surface area contributed by atoms with Gasteiger partial charge in [-0.1, -0.05) is 30.3 Å². The molecule has 0 fully saturated rings. The van der Waals surface area contributed by atoms with E-state index in [2.05, 4.69) is 15.0 Å². The monoisotopic (exact) mass is 357 g/mol. The molecule has 7 heteroatoms. The van der Waals surface area contributed by atoms with Crippen LogP contribution in [0.2, 0.25) is 0 Å². The van der Waals surface area contributed by atoms with E-state index < -0.39 is 0 Å². The number of benzene rings is 1. The van der Waals surface area contributed by atoms with Crippen LogP contribution in [0.1, 0.15) is 5.56 Å². The molecule has 1 heterocycles. The van der Waals surface area contributed by atoms with Gasteiger partial charge in [-0.25, -0.2) is 4.98 Å². The molecule has 0 saturated heterocycles. The summed E-state index contributed by atoms with van der Waals surface area (Å²) in [7, 11) is 1.92. The molecular weight excluding hydrogens is 334 g/mol. The van der Waals surface area contributed by atoms with Crippen molar-refractivity contribution in [3.63, 3.8) is 0 Å². The molecule has 26 heavy (non-hydrogen) atoms. The van der Waals surface area contributed by atoms with Crippen molar-refractivity contribution in [2.45, 2.75) is 6.42 Å². The maximum absolute atomic E-state index is 12.0. The van der Waals surface area contributed by atoms with Crippen LogP contribution in [0, 0.1) is 0 Å². The minimum absolute atomic E-state index is 0.114. The number of carbonyl (C=O) groups is 2. The molecule has 7 nitrogen and oxygen atoms in total. The summed E-state index contributed by atoms with van der Waals surface area (Å²) < 4.78 is 10.3. The lowest BCUT2D eigenvalue weighted by atomic mass is 10.1. The second kappa shape index (κ2) is 10.8. The zero-order chi connectivity index (χ0) is 18.6. The fraction of sp³-hybridized carbons (Fsp3) is 0.316. The number of anilines is 1. The summed E-state index contributed by atoms with van der Waals surface area (Å²) in [6, 6.07) is 13.0. The second-order valence-corrected chi connectivity index (χ2v) is 5.71. The van der Waals surface area contributed by atoms with E-state index in [9.17, 15) is 9.59 Å². The van der Waals surface area contributed by atoms with Crippen LogP contribution in [0.3, 0.4) is 0 Å². The summed E-state index contributed by atoms with van der Waals surface area (Å²) >= 11 is 0. The molecule has 1 aromatic heterocycles. The Kier molecular flexibility index (Phi) is 8.08. The van der Waals surface area contributed by atoms with Crippen LogP contribution < -0.4 is 10.1 Å². The van der Waals surface area contributed by atoms with Crippen LogP contribution in [0.25, 0.3) is 0 Å². The molecule has 0 spiro atoms. The van der Waals surface area contributed by atoms with E-state index in [4.69, 9.17) is 4.74 Å². The van der Waals surface area contributed by atoms with E-state index in [1.54, 1.807) is 18.3 Å². The van der Waals surface area contributed by atoms with Crippen molar-refractivity contribution in [1.29, 1.82) is 0 Å². The maximum Gasteiger partial charge on any atom is 0.293 e. The van der Waals surface area contributed by atoms with Crippen molar-refractivity contribution >= 4 is 18.2 Å². The Morgan fingerprint density at radius 1 is 1.15 bits per heavy atom. The van der Waals surface area contributed by atoms with E-state index in [1.807, 2.05) is 42.3 Å². The van der Waals surface area contributed by atoms with E-state index in [0.29, 0.717) is 50.8 Å². The number of amides is 1. The molecule has 0 aliphatic heterocycles. The Balaban J connectivity index is 1.70. The Labute approximate surface area is 152 Å². The molecule has 0 atom stereocenters. The number of nitrogens with one attached hydrogen (secondary N) is 1. The summed E-state index contributed by atoms with van der Waals surface area (Å²) in [5.74, 6) is 1.00. The molecule has 2 aromatic rings. The van der Waals surface area contributed by atoms with Crippen molar-refractivity contribution in [1.82, 2.24) is 9.88 Å². The van der Waals surface area contributed by atoms with Crippen molar-refractivity contribution in [2.75, 3.05) is 38.7 Å². The Morgan fingerprint density at radius 2 is 1.92 bits per heavy atom. The lowest BCUT2D eigenvalue weighted by Gasteiger charge is -2.16. The zero-order valence-electron chi connectivity index (χ0n) is 14.8. The quantitative estimate of drug-likeness (QED) is 0.487. The topological polar surface area (TPSA) is 80.8 Å². The van der Waals surface area contributed by atoms with Crippen molar-refractivity contribution < 1.29 is 19.1 Å². The first-order valence-corrected chi connectivity index (χ1v) is 8.34. The predicted molar refractivity (Wildman–Crippen MR) is 98.0 cm³/mol. The second-order valence-electron chi connectivity index (χ2n) is 5.71. The third-order valence-corrected chi connectivity index (χ3v) is 3.61. The highest BCUT2D eigenvalue weighted by Gasteiger charge is 2.05. The van der Waals surface area contributed by atoms with E-state index in [0.717, 1.165) is 5.56 Å². The average molecular weight is 357 g/mol. The number of pyridine rings is 1. The Bertz CT molecular complexity index is 677. The molecule has 2 rings (SSSR count). The van der Waals surface area contributed by atoms with Crippen LogP contribution >= 0.6 is 0 Å². The van der Waals surface area contributed by atoms with Gasteiger partial charge in [0.25, 0.3) is 6.47 Å². The minimum atomic E-state index is -0.114. The summed E-state index contributed by atoms with van der Waals surface area (Å²) in [6.07, 6.45) is 1.88. The summed E-state index contributed by atoms with van der Waals surface area (Å²) in [5.41, 5.74) is 0.951. The van der Waals surface area contributed by atoms with Crippen LogP contribution in [-0.4, -0.2) is 55.6 Å². The van der Waals surface area contributed by atoms with Gasteiger partial charge in [0, 0.05) is 13.1 Å². The van der Waals surface area contributed by atoms with E-state index >= 15 is 0 Å². The minimum Gasteiger partial charge on any atom is -0.491 e. The van der Waals surface area contributed by atoms with Gasteiger partial charge < -0.3 is 14.8 Å². The summed E-state index contributed by atoms with van der Waals surface area (Å²) in [6.45, 7) is 2.62. The van der Waals surface area contributed by atoms with Gasteiger partial charge in [-0.2, -0.15) is 0 Å². The largest absolute Gasteiger partial charge is 0.491 e. The number of aromatic nitrogens is 1.